The van der Waals surface area contributed by atoms with Crippen molar-refractivity contribution in [3.05, 3.63) is 198 Å². The zero-order valence-electron chi connectivity index (χ0n) is 27.0. The van der Waals surface area contributed by atoms with Crippen molar-refractivity contribution in [3.63, 3.8) is 0 Å². The van der Waals surface area contributed by atoms with E-state index in [9.17, 15) is 0 Å². The topological polar surface area (TPSA) is 17.1 Å². The standard InChI is InChI=1S/C47H29OPS/c48-49(40-26-11-16-30-14-1-3-18-32(30)40,41-27-12-17-31-15-2-4-19-33(31)41)42-28-13-23-35-34-20-5-8-24-38(34)47(44(35)42)39-25-9-6-21-36(39)46-45(47)37-22-7-10-29-43(37)50-46/h1-29H. The number of rotatable bonds is 3. The first-order valence-electron chi connectivity index (χ1n) is 17.1. The Kier molecular flexibility index (Phi) is 5.80. The monoisotopic (exact) mass is 672 g/mol. The second-order valence-electron chi connectivity index (χ2n) is 13.4. The van der Waals surface area contributed by atoms with Gasteiger partial charge in [0, 0.05) is 25.5 Å². The molecule has 50 heavy (non-hydrogen) atoms. The van der Waals surface area contributed by atoms with E-state index in [1.165, 1.54) is 42.8 Å². The van der Waals surface area contributed by atoms with Gasteiger partial charge in [0.25, 0.3) is 0 Å². The van der Waals surface area contributed by atoms with Gasteiger partial charge in [-0.25, -0.2) is 0 Å². The highest BCUT2D eigenvalue weighted by atomic mass is 32.1. The Hall–Kier alpha value is -5.53. The lowest BCUT2D eigenvalue weighted by molar-refractivity contribution is 0.592. The molecule has 1 nitrogen and oxygen atoms in total. The van der Waals surface area contributed by atoms with E-state index in [1.54, 1.807) is 0 Å². The Morgan fingerprint density at radius 2 is 0.880 bits per heavy atom. The van der Waals surface area contributed by atoms with Crippen molar-refractivity contribution in [3.8, 4) is 21.6 Å². The van der Waals surface area contributed by atoms with Crippen molar-refractivity contribution >= 4 is 66.0 Å². The number of hydrogen-bond donors (Lipinski definition) is 0. The Labute approximate surface area is 294 Å². The molecule has 0 saturated carbocycles. The van der Waals surface area contributed by atoms with Gasteiger partial charge in [0.1, 0.15) is 0 Å². The second-order valence-corrected chi connectivity index (χ2v) is 17.2. The molecule has 1 atom stereocenters. The molecule has 8 aromatic carbocycles. The SMILES string of the molecule is O=P(c1cccc2c1C1(c3ccccc3-2)c2ccccc2-c2sc3ccccc3c21)(c1cccc2ccccc12)c1cccc2ccccc12. The van der Waals surface area contributed by atoms with Crippen LogP contribution in [0.1, 0.15) is 22.3 Å². The van der Waals surface area contributed by atoms with Crippen LogP contribution in [0.25, 0.3) is 53.2 Å². The number of benzene rings is 8. The fourth-order valence-electron chi connectivity index (χ4n) is 9.25. The first-order valence-corrected chi connectivity index (χ1v) is 19.7. The van der Waals surface area contributed by atoms with Gasteiger partial charge in [0.15, 0.2) is 7.14 Å². The van der Waals surface area contributed by atoms with Crippen LogP contribution < -0.4 is 15.9 Å². The average molecular weight is 673 g/mol. The average Bonchev–Trinajstić information content (AvgIpc) is 3.81. The quantitative estimate of drug-likeness (QED) is 0.171. The van der Waals surface area contributed by atoms with Crippen LogP contribution >= 0.6 is 18.5 Å². The minimum atomic E-state index is -3.58. The van der Waals surface area contributed by atoms with Crippen LogP contribution in [-0.2, 0) is 9.98 Å². The summed E-state index contributed by atoms with van der Waals surface area (Å²) < 4.78 is 18.6. The first kappa shape index (κ1) is 28.3. The van der Waals surface area contributed by atoms with Crippen molar-refractivity contribution in [1.82, 2.24) is 0 Å². The maximum Gasteiger partial charge on any atom is 0.172 e. The molecule has 3 heteroatoms. The molecule has 1 unspecified atom stereocenters. The summed E-state index contributed by atoms with van der Waals surface area (Å²) in [4.78, 5) is 1.31. The molecule has 234 valence electrons. The van der Waals surface area contributed by atoms with E-state index < -0.39 is 12.6 Å². The molecular formula is C47H29OPS. The van der Waals surface area contributed by atoms with Gasteiger partial charge in [-0.1, -0.05) is 170 Å². The summed E-state index contributed by atoms with van der Waals surface area (Å²) >= 11 is 1.88. The summed E-state index contributed by atoms with van der Waals surface area (Å²) in [5, 5.41) is 8.19. The van der Waals surface area contributed by atoms with Crippen LogP contribution in [0.4, 0.5) is 0 Å². The highest BCUT2D eigenvalue weighted by molar-refractivity contribution is 7.86. The van der Waals surface area contributed by atoms with Gasteiger partial charge < -0.3 is 4.57 Å². The third kappa shape index (κ3) is 3.45. The molecule has 0 radical (unpaired) electrons. The Morgan fingerprint density at radius 1 is 0.400 bits per heavy atom. The zero-order valence-corrected chi connectivity index (χ0v) is 28.7. The van der Waals surface area contributed by atoms with Crippen LogP contribution in [0, 0.1) is 0 Å². The van der Waals surface area contributed by atoms with E-state index in [0.717, 1.165) is 48.6 Å². The predicted octanol–water partition coefficient (Wildman–Crippen LogP) is 11.2. The largest absolute Gasteiger partial charge is 0.309 e. The van der Waals surface area contributed by atoms with Crippen LogP contribution in [0.3, 0.4) is 0 Å². The highest BCUT2D eigenvalue weighted by Crippen LogP contribution is 2.67. The van der Waals surface area contributed by atoms with Crippen molar-refractivity contribution in [2.24, 2.45) is 0 Å². The lowest BCUT2D eigenvalue weighted by Crippen LogP contribution is -2.35. The minimum Gasteiger partial charge on any atom is -0.309 e. The number of hydrogen-bond acceptors (Lipinski definition) is 2. The van der Waals surface area contributed by atoms with Crippen molar-refractivity contribution in [1.29, 1.82) is 0 Å². The smallest absolute Gasteiger partial charge is 0.172 e. The van der Waals surface area contributed by atoms with Gasteiger partial charge in [-0.3, -0.25) is 0 Å². The maximum absolute atomic E-state index is 17.3. The Morgan fingerprint density at radius 3 is 1.58 bits per heavy atom. The molecule has 1 spiro atoms. The fourth-order valence-corrected chi connectivity index (χ4v) is 13.9. The summed E-state index contributed by atoms with van der Waals surface area (Å²) in [6.45, 7) is 0. The van der Waals surface area contributed by atoms with Crippen molar-refractivity contribution < 1.29 is 4.57 Å². The number of fused-ring (bicyclic) bond motifs is 14. The van der Waals surface area contributed by atoms with Crippen LogP contribution in [0.15, 0.2) is 176 Å². The minimum absolute atomic E-state index is 0.640. The van der Waals surface area contributed by atoms with Gasteiger partial charge in [-0.2, -0.15) is 0 Å². The second kappa shape index (κ2) is 10.2. The molecule has 9 aromatic rings. The van der Waals surface area contributed by atoms with E-state index in [2.05, 4.69) is 176 Å². The zero-order chi connectivity index (χ0) is 33.0. The fraction of sp³-hybridized carbons (Fsp3) is 0.0213. The normalized spacial score (nSPS) is 15.8. The van der Waals surface area contributed by atoms with E-state index >= 15 is 4.57 Å². The number of thiophene rings is 1. The van der Waals surface area contributed by atoms with E-state index in [-0.39, 0.29) is 0 Å². The van der Waals surface area contributed by atoms with Crippen LogP contribution in [-0.4, -0.2) is 0 Å². The lowest BCUT2D eigenvalue weighted by Gasteiger charge is -2.34. The Balaban J connectivity index is 1.37. The molecule has 0 saturated heterocycles. The van der Waals surface area contributed by atoms with Crippen LogP contribution in [0.2, 0.25) is 0 Å². The van der Waals surface area contributed by atoms with Crippen molar-refractivity contribution in [2.45, 2.75) is 5.41 Å². The molecule has 2 aliphatic carbocycles. The molecule has 2 aliphatic rings. The highest BCUT2D eigenvalue weighted by Gasteiger charge is 2.56. The van der Waals surface area contributed by atoms with E-state index in [1.807, 2.05) is 11.3 Å². The van der Waals surface area contributed by atoms with Crippen LogP contribution in [0.5, 0.6) is 0 Å². The summed E-state index contributed by atoms with van der Waals surface area (Å²) in [5.74, 6) is 0. The summed E-state index contributed by atoms with van der Waals surface area (Å²) in [6.07, 6.45) is 0. The molecule has 0 bridgehead atoms. The summed E-state index contributed by atoms with van der Waals surface area (Å²) in [6, 6.07) is 62.8. The molecule has 1 heterocycles. The molecular weight excluding hydrogens is 644 g/mol. The van der Waals surface area contributed by atoms with Gasteiger partial charge in [-0.15, -0.1) is 11.3 Å². The van der Waals surface area contributed by atoms with E-state index in [0.29, 0.717) is 0 Å². The van der Waals surface area contributed by atoms with Gasteiger partial charge in [-0.05, 0) is 71.9 Å². The van der Waals surface area contributed by atoms with Gasteiger partial charge >= 0.3 is 0 Å². The predicted molar refractivity (Wildman–Crippen MR) is 213 cm³/mol. The molecule has 1 aromatic heterocycles. The maximum atomic E-state index is 17.3. The third-order valence-electron chi connectivity index (χ3n) is 11.1. The van der Waals surface area contributed by atoms with Gasteiger partial charge in [0.2, 0.25) is 0 Å². The summed E-state index contributed by atoms with van der Waals surface area (Å²) in [5.41, 5.74) is 8.01. The first-order chi connectivity index (χ1) is 24.7. The lowest BCUT2D eigenvalue weighted by atomic mass is 9.70. The molecule has 11 rings (SSSR count). The molecule has 0 N–H and O–H groups in total. The molecule has 0 fully saturated rings. The molecule has 0 amide bonds. The van der Waals surface area contributed by atoms with Gasteiger partial charge in [0.05, 0.1) is 5.41 Å². The molecule has 0 aliphatic heterocycles. The Bertz CT molecular complexity index is 2840. The van der Waals surface area contributed by atoms with Crippen molar-refractivity contribution in [2.75, 3.05) is 0 Å². The third-order valence-corrected chi connectivity index (χ3v) is 15.5. The van der Waals surface area contributed by atoms with E-state index in [4.69, 9.17) is 0 Å². The summed E-state index contributed by atoms with van der Waals surface area (Å²) in [7, 11) is -3.58.